The van der Waals surface area contributed by atoms with Crippen LogP contribution < -0.4 is 0 Å². The van der Waals surface area contributed by atoms with Gasteiger partial charge in [-0.2, -0.15) is 0 Å². The van der Waals surface area contributed by atoms with Gasteiger partial charge in [0.05, 0.1) is 5.25 Å². The number of piperidine rings is 1. The third kappa shape index (κ3) is 3.81. The maximum atomic E-state index is 12.8. The van der Waals surface area contributed by atoms with E-state index in [1.54, 1.807) is 4.31 Å². The summed E-state index contributed by atoms with van der Waals surface area (Å²) in [6, 6.07) is 9.99. The lowest BCUT2D eigenvalue weighted by Crippen LogP contribution is -2.45. The monoisotopic (exact) mass is 350 g/mol. The van der Waals surface area contributed by atoms with Crippen LogP contribution in [0.5, 0.6) is 0 Å². The van der Waals surface area contributed by atoms with Gasteiger partial charge in [0, 0.05) is 32.1 Å². The van der Waals surface area contributed by atoms with Gasteiger partial charge in [-0.25, -0.2) is 12.7 Å². The first-order valence-electron chi connectivity index (χ1n) is 8.84. The van der Waals surface area contributed by atoms with Crippen molar-refractivity contribution in [3.8, 4) is 0 Å². The highest BCUT2D eigenvalue weighted by Crippen LogP contribution is 2.33. The van der Waals surface area contributed by atoms with E-state index in [1.165, 1.54) is 0 Å². The van der Waals surface area contributed by atoms with E-state index in [1.807, 2.05) is 42.2 Å². The van der Waals surface area contributed by atoms with Crippen LogP contribution in [0.1, 0.15) is 38.2 Å². The molecular formula is C18H26N2O3S. The first kappa shape index (κ1) is 17.4. The molecule has 3 rings (SSSR count). The van der Waals surface area contributed by atoms with E-state index in [0.717, 1.165) is 18.4 Å². The third-order valence-corrected chi connectivity index (χ3v) is 7.42. The lowest BCUT2D eigenvalue weighted by molar-refractivity contribution is -0.137. The second kappa shape index (κ2) is 7.23. The van der Waals surface area contributed by atoms with Gasteiger partial charge in [0.2, 0.25) is 15.9 Å². The normalized spacial score (nSPS) is 20.0. The summed E-state index contributed by atoms with van der Waals surface area (Å²) in [5.41, 5.74) is 1.13. The Labute approximate surface area is 144 Å². The highest BCUT2D eigenvalue weighted by Gasteiger charge is 2.42. The Hall–Kier alpha value is -1.40. The summed E-state index contributed by atoms with van der Waals surface area (Å²) in [5, 5.41) is -0.157. The van der Waals surface area contributed by atoms with Gasteiger partial charge in [0.15, 0.2) is 0 Å². The number of rotatable bonds is 6. The molecule has 1 saturated heterocycles. The molecule has 2 fully saturated rings. The Morgan fingerprint density at radius 2 is 1.75 bits per heavy atom. The average molecular weight is 350 g/mol. The molecule has 0 aromatic heterocycles. The number of amides is 1. The SMILES string of the molecule is CCN(Cc1ccccc1)C(=O)C1CCN(S(=O)(=O)C2CC2)CC1. The largest absolute Gasteiger partial charge is 0.338 e. The molecule has 2 aliphatic rings. The Balaban J connectivity index is 1.57. The van der Waals surface area contributed by atoms with Crippen molar-refractivity contribution < 1.29 is 13.2 Å². The van der Waals surface area contributed by atoms with E-state index in [4.69, 9.17) is 0 Å². The highest BCUT2D eigenvalue weighted by molar-refractivity contribution is 7.90. The van der Waals surface area contributed by atoms with Crippen LogP contribution in [0.2, 0.25) is 0 Å². The molecule has 132 valence electrons. The van der Waals surface area contributed by atoms with Crippen LogP contribution in [-0.4, -0.2) is 48.4 Å². The third-order valence-electron chi connectivity index (χ3n) is 5.02. The van der Waals surface area contributed by atoms with Crippen LogP contribution in [-0.2, 0) is 21.4 Å². The van der Waals surface area contributed by atoms with Crippen LogP contribution in [0, 0.1) is 5.92 Å². The summed E-state index contributed by atoms with van der Waals surface area (Å²) in [7, 11) is -3.10. The topological polar surface area (TPSA) is 57.7 Å². The first-order valence-corrected chi connectivity index (χ1v) is 10.3. The molecule has 0 unspecified atom stereocenters. The minimum atomic E-state index is -3.10. The quantitative estimate of drug-likeness (QED) is 0.791. The molecule has 5 nitrogen and oxygen atoms in total. The maximum Gasteiger partial charge on any atom is 0.226 e. The van der Waals surface area contributed by atoms with E-state index < -0.39 is 10.0 Å². The Morgan fingerprint density at radius 3 is 2.29 bits per heavy atom. The van der Waals surface area contributed by atoms with E-state index in [-0.39, 0.29) is 17.1 Å². The van der Waals surface area contributed by atoms with E-state index >= 15 is 0 Å². The summed E-state index contributed by atoms with van der Waals surface area (Å²) in [6.45, 7) is 4.26. The zero-order chi connectivity index (χ0) is 17.2. The molecule has 1 aliphatic carbocycles. The maximum absolute atomic E-state index is 12.8. The second-order valence-electron chi connectivity index (χ2n) is 6.76. The van der Waals surface area contributed by atoms with Gasteiger partial charge < -0.3 is 4.90 Å². The van der Waals surface area contributed by atoms with Crippen molar-refractivity contribution in [1.82, 2.24) is 9.21 Å². The van der Waals surface area contributed by atoms with Crippen LogP contribution in [0.3, 0.4) is 0 Å². The molecule has 0 N–H and O–H groups in total. The number of hydrogen-bond acceptors (Lipinski definition) is 3. The lowest BCUT2D eigenvalue weighted by Gasteiger charge is -2.33. The predicted molar refractivity (Wildman–Crippen MR) is 93.8 cm³/mol. The smallest absolute Gasteiger partial charge is 0.226 e. The van der Waals surface area contributed by atoms with Crippen LogP contribution >= 0.6 is 0 Å². The number of nitrogens with zero attached hydrogens (tertiary/aromatic N) is 2. The number of carbonyl (C=O) groups excluding carboxylic acids is 1. The molecule has 1 heterocycles. The van der Waals surface area contributed by atoms with Crippen molar-refractivity contribution in [1.29, 1.82) is 0 Å². The number of hydrogen-bond donors (Lipinski definition) is 0. The number of carbonyl (C=O) groups is 1. The molecule has 1 aromatic rings. The Morgan fingerprint density at radius 1 is 1.12 bits per heavy atom. The molecule has 24 heavy (non-hydrogen) atoms. The van der Waals surface area contributed by atoms with Crippen LogP contribution in [0.15, 0.2) is 30.3 Å². The van der Waals surface area contributed by atoms with Gasteiger partial charge in [0.25, 0.3) is 0 Å². The van der Waals surface area contributed by atoms with Gasteiger partial charge in [-0.05, 0) is 38.2 Å². The first-order chi connectivity index (χ1) is 11.5. The molecule has 1 amide bonds. The predicted octanol–water partition coefficient (Wildman–Crippen LogP) is 2.24. The van der Waals surface area contributed by atoms with Gasteiger partial charge in [-0.3, -0.25) is 4.79 Å². The summed E-state index contributed by atoms with van der Waals surface area (Å²) < 4.78 is 26.2. The van der Waals surface area contributed by atoms with Gasteiger partial charge in [-0.15, -0.1) is 0 Å². The van der Waals surface area contributed by atoms with Crippen molar-refractivity contribution in [2.45, 2.75) is 44.4 Å². The van der Waals surface area contributed by atoms with E-state index in [9.17, 15) is 13.2 Å². The molecule has 1 aromatic carbocycles. The van der Waals surface area contributed by atoms with Gasteiger partial charge >= 0.3 is 0 Å². The number of benzene rings is 1. The Bertz CT molecular complexity index is 663. The van der Waals surface area contributed by atoms with Crippen LogP contribution in [0.25, 0.3) is 0 Å². The highest BCUT2D eigenvalue weighted by atomic mass is 32.2. The molecule has 0 bridgehead atoms. The van der Waals surface area contributed by atoms with Crippen molar-refractivity contribution >= 4 is 15.9 Å². The Kier molecular flexibility index (Phi) is 5.25. The van der Waals surface area contributed by atoms with Gasteiger partial charge in [-0.1, -0.05) is 30.3 Å². The number of sulfonamides is 1. The fourth-order valence-electron chi connectivity index (χ4n) is 3.34. The molecule has 0 atom stereocenters. The fourth-order valence-corrected chi connectivity index (χ4v) is 5.21. The summed E-state index contributed by atoms with van der Waals surface area (Å²) in [4.78, 5) is 14.7. The molecule has 6 heteroatoms. The zero-order valence-corrected chi connectivity index (χ0v) is 15.0. The molecule has 1 saturated carbocycles. The molecule has 0 spiro atoms. The van der Waals surface area contributed by atoms with Crippen molar-refractivity contribution in [3.05, 3.63) is 35.9 Å². The van der Waals surface area contributed by atoms with Crippen molar-refractivity contribution in [2.75, 3.05) is 19.6 Å². The van der Waals surface area contributed by atoms with E-state index in [0.29, 0.717) is 39.0 Å². The standard InChI is InChI=1S/C18H26N2O3S/c1-2-19(14-15-6-4-3-5-7-15)18(21)16-10-12-20(13-11-16)24(22,23)17-8-9-17/h3-7,16-17H,2,8-14H2,1H3. The minimum absolute atomic E-state index is 0.0562. The van der Waals surface area contributed by atoms with Gasteiger partial charge in [0.1, 0.15) is 0 Å². The molecule has 0 radical (unpaired) electrons. The second-order valence-corrected chi connectivity index (χ2v) is 8.97. The zero-order valence-electron chi connectivity index (χ0n) is 14.2. The van der Waals surface area contributed by atoms with Crippen molar-refractivity contribution in [3.63, 3.8) is 0 Å². The minimum Gasteiger partial charge on any atom is -0.338 e. The summed E-state index contributed by atoms with van der Waals surface area (Å²) >= 11 is 0. The molecular weight excluding hydrogens is 324 g/mol. The van der Waals surface area contributed by atoms with E-state index in [2.05, 4.69) is 0 Å². The summed E-state index contributed by atoms with van der Waals surface area (Å²) in [5.74, 6) is 0.101. The van der Waals surface area contributed by atoms with Crippen molar-refractivity contribution in [2.24, 2.45) is 5.92 Å². The fraction of sp³-hybridized carbons (Fsp3) is 0.611. The summed E-state index contributed by atoms with van der Waals surface area (Å²) in [6.07, 6.45) is 2.86. The average Bonchev–Trinajstić information content (AvgIpc) is 3.46. The lowest BCUT2D eigenvalue weighted by atomic mass is 9.96. The molecule has 1 aliphatic heterocycles. The van der Waals surface area contributed by atoms with Crippen LogP contribution in [0.4, 0.5) is 0 Å².